The van der Waals surface area contributed by atoms with E-state index in [4.69, 9.17) is 9.47 Å². The Morgan fingerprint density at radius 1 is 1.62 bits per heavy atom. The van der Waals surface area contributed by atoms with Crippen molar-refractivity contribution in [2.75, 3.05) is 19.8 Å². The van der Waals surface area contributed by atoms with Gasteiger partial charge < -0.3 is 14.8 Å². The molecule has 0 unspecified atom stereocenters. The molecule has 0 aliphatic carbocycles. The molecular formula is C15H19BrFNO3. The molecular weight excluding hydrogens is 341 g/mol. The summed E-state index contributed by atoms with van der Waals surface area (Å²) in [7, 11) is 0. The molecule has 1 aliphatic heterocycles. The van der Waals surface area contributed by atoms with Crippen molar-refractivity contribution in [2.45, 2.75) is 30.4 Å². The molecule has 1 fully saturated rings. The van der Waals surface area contributed by atoms with Gasteiger partial charge in [0.05, 0.1) is 17.5 Å². The Morgan fingerprint density at radius 3 is 3.05 bits per heavy atom. The lowest BCUT2D eigenvalue weighted by Crippen LogP contribution is -2.35. The van der Waals surface area contributed by atoms with E-state index in [1.807, 2.05) is 0 Å². The Balaban J connectivity index is 2.04. The Hall–Kier alpha value is -0.980. The van der Waals surface area contributed by atoms with Gasteiger partial charge in [-0.1, -0.05) is 28.1 Å². The van der Waals surface area contributed by atoms with E-state index in [0.29, 0.717) is 25.3 Å². The predicted molar refractivity (Wildman–Crippen MR) is 80.8 cm³/mol. The van der Waals surface area contributed by atoms with E-state index in [2.05, 4.69) is 21.2 Å². The lowest BCUT2D eigenvalue weighted by Gasteiger charge is -2.22. The summed E-state index contributed by atoms with van der Waals surface area (Å²) in [4.78, 5) is 11.4. The third-order valence-electron chi connectivity index (χ3n) is 3.29. The van der Waals surface area contributed by atoms with Gasteiger partial charge in [0.1, 0.15) is 11.9 Å². The summed E-state index contributed by atoms with van der Waals surface area (Å²) in [6.45, 7) is 3.26. The van der Waals surface area contributed by atoms with Crippen LogP contribution in [0.3, 0.4) is 0 Å². The van der Waals surface area contributed by atoms with Gasteiger partial charge in [-0.2, -0.15) is 0 Å². The molecule has 0 saturated carbocycles. The highest BCUT2D eigenvalue weighted by Crippen LogP contribution is 2.22. The lowest BCUT2D eigenvalue weighted by molar-refractivity contribution is -0.121. The van der Waals surface area contributed by atoms with Crippen molar-refractivity contribution < 1.29 is 18.7 Å². The van der Waals surface area contributed by atoms with Crippen LogP contribution in [0.25, 0.3) is 0 Å². The summed E-state index contributed by atoms with van der Waals surface area (Å²) < 4.78 is 24.6. The number of nitrogens with one attached hydrogen (secondary N) is 1. The maximum absolute atomic E-state index is 13.4. The van der Waals surface area contributed by atoms with E-state index in [1.54, 1.807) is 19.1 Å². The molecule has 0 aromatic heterocycles. The first-order valence-electron chi connectivity index (χ1n) is 6.96. The number of alkyl halides is 1. The molecule has 1 N–H and O–H groups in total. The van der Waals surface area contributed by atoms with Gasteiger partial charge in [0.25, 0.3) is 0 Å². The van der Waals surface area contributed by atoms with Crippen LogP contribution in [-0.2, 0) is 14.3 Å². The van der Waals surface area contributed by atoms with Crippen molar-refractivity contribution in [1.29, 1.82) is 0 Å². The van der Waals surface area contributed by atoms with Crippen molar-refractivity contribution in [3.05, 3.63) is 35.6 Å². The molecule has 1 heterocycles. The molecule has 21 heavy (non-hydrogen) atoms. The van der Waals surface area contributed by atoms with E-state index < -0.39 is 0 Å². The highest BCUT2D eigenvalue weighted by atomic mass is 79.9. The van der Waals surface area contributed by atoms with E-state index in [0.717, 1.165) is 6.42 Å². The van der Waals surface area contributed by atoms with Crippen LogP contribution in [0.2, 0.25) is 0 Å². The number of amides is 1. The molecule has 0 radical (unpaired) electrons. The van der Waals surface area contributed by atoms with Gasteiger partial charge in [0, 0.05) is 13.2 Å². The minimum atomic E-state index is -0.386. The van der Waals surface area contributed by atoms with Crippen molar-refractivity contribution in [1.82, 2.24) is 5.32 Å². The highest BCUT2D eigenvalue weighted by Gasteiger charge is 2.23. The fourth-order valence-corrected chi connectivity index (χ4v) is 2.30. The number of benzene rings is 1. The van der Waals surface area contributed by atoms with Crippen LogP contribution in [0.5, 0.6) is 0 Å². The average molecular weight is 360 g/mol. The maximum atomic E-state index is 13.4. The fraction of sp³-hybridized carbons (Fsp3) is 0.533. The standard InChI is InChI=1S/C15H19BrFNO3/c1-10(16)15(19)18-8-14(21-13-5-6-20-9-13)11-3-2-4-12(17)7-11/h2-4,7,10,13-14H,5-6,8-9H2,1H3,(H,18,19)/t10-,13-,14+/m0/s1. The lowest BCUT2D eigenvalue weighted by atomic mass is 10.1. The van der Waals surface area contributed by atoms with Gasteiger partial charge in [-0.05, 0) is 31.0 Å². The largest absolute Gasteiger partial charge is 0.379 e. The van der Waals surface area contributed by atoms with E-state index >= 15 is 0 Å². The first-order valence-corrected chi connectivity index (χ1v) is 7.88. The summed E-state index contributed by atoms with van der Waals surface area (Å²) in [6, 6.07) is 6.26. The third-order valence-corrected chi connectivity index (χ3v) is 3.70. The molecule has 1 aromatic rings. The average Bonchev–Trinajstić information content (AvgIpc) is 2.95. The molecule has 4 nitrogen and oxygen atoms in total. The summed E-state index contributed by atoms with van der Waals surface area (Å²) >= 11 is 3.21. The molecule has 0 bridgehead atoms. The van der Waals surface area contributed by atoms with E-state index in [-0.39, 0.29) is 28.8 Å². The minimum absolute atomic E-state index is 0.0171. The SMILES string of the molecule is C[C@H](Br)C(=O)NC[C@@H](O[C@H]1CCOC1)c1cccc(F)c1. The smallest absolute Gasteiger partial charge is 0.233 e. The normalized spacial score (nSPS) is 21.0. The Morgan fingerprint density at radius 2 is 2.43 bits per heavy atom. The molecule has 1 aliphatic rings. The molecule has 1 amide bonds. The topological polar surface area (TPSA) is 47.6 Å². The fourth-order valence-electron chi connectivity index (χ4n) is 2.14. The maximum Gasteiger partial charge on any atom is 0.233 e. The molecule has 6 heteroatoms. The van der Waals surface area contributed by atoms with Gasteiger partial charge >= 0.3 is 0 Å². The van der Waals surface area contributed by atoms with Crippen molar-refractivity contribution >= 4 is 21.8 Å². The van der Waals surface area contributed by atoms with E-state index in [9.17, 15) is 9.18 Å². The number of hydrogen-bond acceptors (Lipinski definition) is 3. The van der Waals surface area contributed by atoms with Crippen LogP contribution in [0.4, 0.5) is 4.39 Å². The quantitative estimate of drug-likeness (QED) is 0.794. The minimum Gasteiger partial charge on any atom is -0.379 e. The van der Waals surface area contributed by atoms with Crippen molar-refractivity contribution in [3.63, 3.8) is 0 Å². The third kappa shape index (κ3) is 5.05. The second-order valence-corrected chi connectivity index (χ2v) is 6.40. The zero-order chi connectivity index (χ0) is 15.2. The zero-order valence-corrected chi connectivity index (χ0v) is 13.4. The second kappa shape index (κ2) is 7.87. The van der Waals surface area contributed by atoms with E-state index in [1.165, 1.54) is 12.1 Å². The molecule has 116 valence electrons. The number of halogens is 2. The summed E-state index contributed by atoms with van der Waals surface area (Å²) in [5.41, 5.74) is 0.712. The van der Waals surface area contributed by atoms with Crippen LogP contribution in [0.15, 0.2) is 24.3 Å². The molecule has 1 saturated heterocycles. The van der Waals surface area contributed by atoms with Gasteiger partial charge in [-0.25, -0.2) is 4.39 Å². The van der Waals surface area contributed by atoms with Gasteiger partial charge in [-0.15, -0.1) is 0 Å². The Kier molecular flexibility index (Phi) is 6.14. The second-order valence-electron chi connectivity index (χ2n) is 5.03. The number of hydrogen-bond donors (Lipinski definition) is 1. The summed E-state index contributed by atoms with van der Waals surface area (Å²) in [5.74, 6) is -0.438. The number of ether oxygens (including phenoxy) is 2. The van der Waals surface area contributed by atoms with Crippen LogP contribution < -0.4 is 5.32 Å². The Labute approximate surface area is 132 Å². The first-order chi connectivity index (χ1) is 10.1. The highest BCUT2D eigenvalue weighted by molar-refractivity contribution is 9.10. The summed E-state index contributed by atoms with van der Waals surface area (Å²) in [5, 5.41) is 2.80. The Bertz CT molecular complexity index is 478. The molecule has 1 aromatic carbocycles. The molecule has 2 rings (SSSR count). The monoisotopic (exact) mass is 359 g/mol. The van der Waals surface area contributed by atoms with Crippen molar-refractivity contribution in [2.24, 2.45) is 0 Å². The van der Waals surface area contributed by atoms with Crippen LogP contribution >= 0.6 is 15.9 Å². The predicted octanol–water partition coefficient (Wildman–Crippen LogP) is 2.57. The van der Waals surface area contributed by atoms with Gasteiger partial charge in [0.15, 0.2) is 0 Å². The van der Waals surface area contributed by atoms with Gasteiger partial charge in [0.2, 0.25) is 5.91 Å². The van der Waals surface area contributed by atoms with Crippen LogP contribution in [-0.4, -0.2) is 36.6 Å². The molecule has 0 spiro atoms. The number of rotatable bonds is 6. The van der Waals surface area contributed by atoms with Crippen LogP contribution in [0.1, 0.15) is 25.0 Å². The summed E-state index contributed by atoms with van der Waals surface area (Å²) in [6.07, 6.45) is 0.411. The van der Waals surface area contributed by atoms with Crippen molar-refractivity contribution in [3.8, 4) is 0 Å². The number of carbonyl (C=O) groups is 1. The first kappa shape index (κ1) is 16.4. The van der Waals surface area contributed by atoms with Crippen LogP contribution in [0, 0.1) is 5.82 Å². The number of carbonyl (C=O) groups excluding carboxylic acids is 1. The molecule has 3 atom stereocenters. The van der Waals surface area contributed by atoms with Gasteiger partial charge in [-0.3, -0.25) is 4.79 Å². The zero-order valence-electron chi connectivity index (χ0n) is 11.9.